The molecule has 0 radical (unpaired) electrons. The van der Waals surface area contributed by atoms with Crippen LogP contribution >= 0.6 is 0 Å². The van der Waals surface area contributed by atoms with Gasteiger partial charge in [-0.2, -0.15) is 0 Å². The van der Waals surface area contributed by atoms with E-state index in [2.05, 4.69) is 5.32 Å². The molecular formula is C25H25N3O5. The van der Waals surface area contributed by atoms with Crippen LogP contribution in [0.4, 0.5) is 5.69 Å². The van der Waals surface area contributed by atoms with Gasteiger partial charge < -0.3 is 24.3 Å². The molecule has 3 aromatic rings. The molecule has 4 rings (SSSR count). The highest BCUT2D eigenvalue weighted by molar-refractivity contribution is 5.98. The van der Waals surface area contributed by atoms with Crippen molar-refractivity contribution in [3.05, 3.63) is 83.8 Å². The molecular weight excluding hydrogens is 422 g/mol. The minimum atomic E-state index is -0.177. The number of amides is 3. The zero-order valence-corrected chi connectivity index (χ0v) is 18.3. The number of ether oxygens (including phenoxy) is 1. The molecule has 2 heterocycles. The van der Waals surface area contributed by atoms with Gasteiger partial charge in [-0.15, -0.1) is 0 Å². The number of fused-ring (bicyclic) bond motifs is 1. The predicted molar refractivity (Wildman–Crippen MR) is 122 cm³/mol. The maximum Gasteiger partial charge on any atom is 0.265 e. The quantitative estimate of drug-likeness (QED) is 0.573. The number of hydrogen-bond acceptors (Lipinski definition) is 5. The van der Waals surface area contributed by atoms with E-state index < -0.39 is 0 Å². The summed E-state index contributed by atoms with van der Waals surface area (Å²) in [6.45, 7) is 0.860. The smallest absolute Gasteiger partial charge is 0.265 e. The molecule has 0 bridgehead atoms. The number of carbonyl (C=O) groups is 3. The zero-order valence-electron chi connectivity index (χ0n) is 18.3. The number of nitrogens with one attached hydrogen (secondary N) is 1. The van der Waals surface area contributed by atoms with Crippen molar-refractivity contribution in [3.63, 3.8) is 0 Å². The molecule has 0 saturated heterocycles. The van der Waals surface area contributed by atoms with Gasteiger partial charge in [0.25, 0.3) is 11.8 Å². The highest BCUT2D eigenvalue weighted by atomic mass is 16.5. The van der Waals surface area contributed by atoms with Crippen molar-refractivity contribution < 1.29 is 23.5 Å². The van der Waals surface area contributed by atoms with Gasteiger partial charge in [-0.1, -0.05) is 24.3 Å². The molecule has 1 aliphatic rings. The van der Waals surface area contributed by atoms with Crippen LogP contribution in [0.3, 0.4) is 0 Å². The summed E-state index contributed by atoms with van der Waals surface area (Å²) in [6, 6.07) is 18.0. The fourth-order valence-corrected chi connectivity index (χ4v) is 3.71. The normalized spacial score (nSPS) is 12.6. The Morgan fingerprint density at radius 3 is 2.55 bits per heavy atom. The molecule has 3 amide bonds. The lowest BCUT2D eigenvalue weighted by Gasteiger charge is -2.30. The van der Waals surface area contributed by atoms with Crippen LogP contribution in [0, 0.1) is 0 Å². The molecule has 1 aromatic heterocycles. The van der Waals surface area contributed by atoms with E-state index in [4.69, 9.17) is 9.15 Å². The molecule has 8 nitrogen and oxygen atoms in total. The molecule has 0 aliphatic carbocycles. The lowest BCUT2D eigenvalue weighted by Crippen LogP contribution is -2.41. The standard InChI is InChI=1S/C25H25N3O5/c1-26-25(31)19-10-8-18(9-11-19)15-27(16-20-5-4-14-32-20)23(29)12-13-28-21-6-2-3-7-22(21)33-17-24(28)30/h2-11,14H,12-13,15-17H2,1H3,(H,26,31). The summed E-state index contributed by atoms with van der Waals surface area (Å²) in [5, 5.41) is 2.59. The largest absolute Gasteiger partial charge is 0.482 e. The van der Waals surface area contributed by atoms with Gasteiger partial charge >= 0.3 is 0 Å². The summed E-state index contributed by atoms with van der Waals surface area (Å²) in [5.74, 6) is 0.842. The van der Waals surface area contributed by atoms with Gasteiger partial charge in [0.1, 0.15) is 11.5 Å². The van der Waals surface area contributed by atoms with Gasteiger partial charge in [-0.05, 0) is 42.0 Å². The zero-order chi connectivity index (χ0) is 23.2. The second-order valence-corrected chi connectivity index (χ2v) is 7.66. The third-order valence-electron chi connectivity index (χ3n) is 5.45. The molecule has 0 fully saturated rings. The number of anilines is 1. The first-order valence-corrected chi connectivity index (χ1v) is 10.7. The van der Waals surface area contributed by atoms with Gasteiger partial charge in [0.2, 0.25) is 5.91 Å². The van der Waals surface area contributed by atoms with E-state index in [1.807, 2.05) is 42.5 Å². The van der Waals surface area contributed by atoms with E-state index in [1.165, 1.54) is 0 Å². The number of hydrogen-bond donors (Lipinski definition) is 1. The van der Waals surface area contributed by atoms with Crippen molar-refractivity contribution in [2.75, 3.05) is 25.1 Å². The number of furan rings is 1. The lowest BCUT2D eigenvalue weighted by atomic mass is 10.1. The number of para-hydroxylation sites is 2. The maximum atomic E-state index is 13.2. The molecule has 1 N–H and O–H groups in total. The molecule has 0 unspecified atom stereocenters. The summed E-state index contributed by atoms with van der Waals surface area (Å²) in [4.78, 5) is 40.7. The Morgan fingerprint density at radius 2 is 1.82 bits per heavy atom. The Morgan fingerprint density at radius 1 is 1.03 bits per heavy atom. The molecule has 0 atom stereocenters. The predicted octanol–water partition coefficient (Wildman–Crippen LogP) is 2.98. The van der Waals surface area contributed by atoms with Gasteiger partial charge in [-0.3, -0.25) is 14.4 Å². The Hall–Kier alpha value is -4.07. The third-order valence-corrected chi connectivity index (χ3v) is 5.45. The van der Waals surface area contributed by atoms with Crippen LogP contribution in [0.5, 0.6) is 5.75 Å². The van der Waals surface area contributed by atoms with E-state index >= 15 is 0 Å². The van der Waals surface area contributed by atoms with Crippen LogP contribution in [-0.4, -0.2) is 42.8 Å². The van der Waals surface area contributed by atoms with Crippen molar-refractivity contribution in [3.8, 4) is 5.75 Å². The topological polar surface area (TPSA) is 92.1 Å². The fourth-order valence-electron chi connectivity index (χ4n) is 3.71. The highest BCUT2D eigenvalue weighted by Gasteiger charge is 2.26. The molecule has 0 saturated carbocycles. The summed E-state index contributed by atoms with van der Waals surface area (Å²) >= 11 is 0. The van der Waals surface area contributed by atoms with E-state index in [0.717, 1.165) is 5.56 Å². The van der Waals surface area contributed by atoms with Gasteiger partial charge in [-0.25, -0.2) is 0 Å². The lowest BCUT2D eigenvalue weighted by molar-refractivity contribution is -0.132. The van der Waals surface area contributed by atoms with Crippen LogP contribution in [0.25, 0.3) is 0 Å². The molecule has 0 spiro atoms. The molecule has 170 valence electrons. The Bertz CT molecular complexity index is 1130. The van der Waals surface area contributed by atoms with Crippen molar-refractivity contribution in [2.45, 2.75) is 19.5 Å². The van der Waals surface area contributed by atoms with Gasteiger partial charge in [0, 0.05) is 32.1 Å². The average Bonchev–Trinajstić information content (AvgIpc) is 3.36. The number of benzene rings is 2. The summed E-state index contributed by atoms with van der Waals surface area (Å²) < 4.78 is 10.9. The SMILES string of the molecule is CNC(=O)c1ccc(CN(Cc2ccco2)C(=O)CCN2C(=O)COc3ccccc32)cc1. The van der Waals surface area contributed by atoms with E-state index in [1.54, 1.807) is 41.3 Å². The van der Waals surface area contributed by atoms with E-state index in [0.29, 0.717) is 35.9 Å². The average molecular weight is 447 g/mol. The van der Waals surface area contributed by atoms with Crippen LogP contribution in [0.15, 0.2) is 71.3 Å². The Balaban J connectivity index is 1.47. The molecule has 2 aromatic carbocycles. The minimum absolute atomic E-state index is 0.0427. The van der Waals surface area contributed by atoms with Crippen molar-refractivity contribution >= 4 is 23.4 Å². The van der Waals surface area contributed by atoms with Crippen molar-refractivity contribution in [1.29, 1.82) is 0 Å². The molecule has 8 heteroatoms. The second kappa shape index (κ2) is 10.0. The first-order chi connectivity index (χ1) is 16.0. The maximum absolute atomic E-state index is 13.2. The van der Waals surface area contributed by atoms with Crippen LogP contribution in [-0.2, 0) is 22.7 Å². The summed E-state index contributed by atoms with van der Waals surface area (Å²) in [6.07, 6.45) is 1.72. The second-order valence-electron chi connectivity index (χ2n) is 7.66. The van der Waals surface area contributed by atoms with Gasteiger partial charge in [0.15, 0.2) is 6.61 Å². The number of rotatable bonds is 8. The Kier molecular flexibility index (Phi) is 6.73. The number of nitrogens with zero attached hydrogens (tertiary/aromatic N) is 2. The summed E-state index contributed by atoms with van der Waals surface area (Å²) in [7, 11) is 1.58. The highest BCUT2D eigenvalue weighted by Crippen LogP contribution is 2.31. The van der Waals surface area contributed by atoms with Crippen molar-refractivity contribution in [1.82, 2.24) is 10.2 Å². The first kappa shape index (κ1) is 22.1. The fraction of sp³-hybridized carbons (Fsp3) is 0.240. The summed E-state index contributed by atoms with van der Waals surface area (Å²) in [5.41, 5.74) is 2.11. The third kappa shape index (κ3) is 5.23. The van der Waals surface area contributed by atoms with Crippen LogP contribution in [0.1, 0.15) is 28.1 Å². The molecule has 1 aliphatic heterocycles. The minimum Gasteiger partial charge on any atom is -0.482 e. The van der Waals surface area contributed by atoms with Gasteiger partial charge in [0.05, 0.1) is 18.5 Å². The first-order valence-electron chi connectivity index (χ1n) is 10.7. The van der Waals surface area contributed by atoms with E-state index in [9.17, 15) is 14.4 Å². The van der Waals surface area contributed by atoms with Crippen LogP contribution in [0.2, 0.25) is 0 Å². The Labute approximate surface area is 191 Å². The van der Waals surface area contributed by atoms with Crippen LogP contribution < -0.4 is 15.0 Å². The molecule has 33 heavy (non-hydrogen) atoms. The monoisotopic (exact) mass is 447 g/mol. The van der Waals surface area contributed by atoms with E-state index in [-0.39, 0.29) is 37.3 Å². The van der Waals surface area contributed by atoms with Crippen molar-refractivity contribution in [2.24, 2.45) is 0 Å². The number of carbonyl (C=O) groups excluding carboxylic acids is 3.